The Morgan fingerprint density at radius 1 is 0.925 bits per heavy atom. The van der Waals surface area contributed by atoms with Crippen LogP contribution in [0.5, 0.6) is 0 Å². The molecule has 1 fully saturated rings. The number of β-amino-alcohol motifs (C(OH)–C–C–N with tert-alkyl or cyclic N) is 1. The number of carbonyl (C=O) groups is 1. The molecule has 12 heteroatoms. The molecule has 0 saturated carbocycles. The first-order valence-corrected chi connectivity index (χ1v) is 13.3. The minimum atomic E-state index is -0.879. The van der Waals surface area contributed by atoms with E-state index in [9.17, 15) is 19.5 Å². The van der Waals surface area contributed by atoms with Gasteiger partial charge in [-0.2, -0.15) is 0 Å². The molecule has 1 aliphatic rings. The second kappa shape index (κ2) is 13.1. The van der Waals surface area contributed by atoms with Crippen LogP contribution in [0.25, 0.3) is 11.2 Å². The van der Waals surface area contributed by atoms with Gasteiger partial charge >= 0.3 is 11.7 Å². The molecule has 0 radical (unpaired) electrons. The summed E-state index contributed by atoms with van der Waals surface area (Å²) >= 11 is 5.95. The predicted octanol–water partition coefficient (Wildman–Crippen LogP) is 1.65. The Morgan fingerprint density at radius 3 is 2.15 bits per heavy atom. The van der Waals surface area contributed by atoms with E-state index in [1.165, 1.54) is 23.5 Å². The van der Waals surface area contributed by atoms with Gasteiger partial charge in [-0.3, -0.25) is 23.7 Å². The van der Waals surface area contributed by atoms with Crippen LogP contribution in [0, 0.1) is 0 Å². The zero-order valence-corrected chi connectivity index (χ0v) is 23.2. The van der Waals surface area contributed by atoms with Crippen molar-refractivity contribution in [1.82, 2.24) is 28.5 Å². The summed E-state index contributed by atoms with van der Waals surface area (Å²) in [5.41, 5.74) is 1.41. The maximum absolute atomic E-state index is 12.5. The van der Waals surface area contributed by atoms with Crippen molar-refractivity contribution in [2.45, 2.75) is 19.2 Å². The quantitative estimate of drug-likeness (QED) is 0.345. The predicted molar refractivity (Wildman–Crippen MR) is 153 cm³/mol. The van der Waals surface area contributed by atoms with Crippen LogP contribution < -0.4 is 11.2 Å². The van der Waals surface area contributed by atoms with Crippen molar-refractivity contribution >= 4 is 28.7 Å². The monoisotopic (exact) mass is 568 g/mol. The van der Waals surface area contributed by atoms with Crippen molar-refractivity contribution in [3.05, 3.63) is 97.9 Å². The molecule has 1 atom stereocenters. The number of aromatic carboxylic acids is 1. The molecule has 1 saturated heterocycles. The van der Waals surface area contributed by atoms with Crippen LogP contribution in [0.2, 0.25) is 5.02 Å². The number of aliphatic hydroxyl groups is 1. The Morgan fingerprint density at radius 2 is 1.55 bits per heavy atom. The van der Waals surface area contributed by atoms with Crippen LogP contribution >= 0.6 is 11.6 Å². The van der Waals surface area contributed by atoms with Crippen molar-refractivity contribution in [3.63, 3.8) is 0 Å². The largest absolute Gasteiger partial charge is 0.478 e. The molecule has 2 aromatic carbocycles. The Hall–Kier alpha value is -3.77. The Kier molecular flexibility index (Phi) is 9.54. The molecule has 2 N–H and O–H groups in total. The zero-order valence-electron chi connectivity index (χ0n) is 22.5. The lowest BCUT2D eigenvalue weighted by Crippen LogP contribution is -2.48. The van der Waals surface area contributed by atoms with Crippen molar-refractivity contribution in [2.24, 2.45) is 14.1 Å². The molecular weight excluding hydrogens is 536 g/mol. The molecule has 3 heterocycles. The highest BCUT2D eigenvalue weighted by Crippen LogP contribution is 2.14. The van der Waals surface area contributed by atoms with Gasteiger partial charge in [-0.15, -0.1) is 0 Å². The third-order valence-electron chi connectivity index (χ3n) is 6.90. The molecule has 2 aromatic heterocycles. The fourth-order valence-electron chi connectivity index (χ4n) is 4.68. The lowest BCUT2D eigenvalue weighted by Gasteiger charge is -2.35. The minimum Gasteiger partial charge on any atom is -0.478 e. The van der Waals surface area contributed by atoms with Crippen LogP contribution in [-0.4, -0.2) is 83.5 Å². The molecule has 0 amide bonds. The van der Waals surface area contributed by atoms with Crippen molar-refractivity contribution < 1.29 is 15.0 Å². The van der Waals surface area contributed by atoms with Gasteiger partial charge in [-0.1, -0.05) is 41.9 Å². The second-order valence-electron chi connectivity index (χ2n) is 9.80. The molecule has 1 unspecified atom stereocenters. The lowest BCUT2D eigenvalue weighted by atomic mass is 10.2. The third-order valence-corrected chi connectivity index (χ3v) is 7.15. The number of piperazine rings is 1. The molecule has 40 heavy (non-hydrogen) atoms. The maximum Gasteiger partial charge on any atom is 0.335 e. The number of aromatic nitrogens is 4. The van der Waals surface area contributed by atoms with Gasteiger partial charge in [-0.25, -0.2) is 14.6 Å². The van der Waals surface area contributed by atoms with Gasteiger partial charge in [0.2, 0.25) is 0 Å². The van der Waals surface area contributed by atoms with Crippen LogP contribution in [0.15, 0.2) is 70.5 Å². The molecule has 5 rings (SSSR count). The highest BCUT2D eigenvalue weighted by molar-refractivity contribution is 6.30. The van der Waals surface area contributed by atoms with E-state index in [4.69, 9.17) is 16.7 Å². The number of hydrogen-bond acceptors (Lipinski definition) is 7. The van der Waals surface area contributed by atoms with Crippen LogP contribution in [0.3, 0.4) is 0 Å². The van der Waals surface area contributed by atoms with Crippen LogP contribution in [-0.2, 0) is 27.2 Å². The highest BCUT2D eigenvalue weighted by atomic mass is 35.5. The van der Waals surface area contributed by atoms with Crippen molar-refractivity contribution in [3.8, 4) is 0 Å². The van der Waals surface area contributed by atoms with Gasteiger partial charge in [0.05, 0.1) is 24.5 Å². The molecule has 0 aliphatic carbocycles. The zero-order chi connectivity index (χ0) is 28.8. The van der Waals surface area contributed by atoms with E-state index in [1.54, 1.807) is 41.9 Å². The molecule has 0 spiro atoms. The number of carboxylic acids is 1. The summed E-state index contributed by atoms with van der Waals surface area (Å²) < 4.78 is 4.05. The number of rotatable bonds is 7. The number of aliphatic hydroxyl groups excluding tert-OH is 1. The Balaban J connectivity index is 0.000000350. The lowest BCUT2D eigenvalue weighted by molar-refractivity contribution is 0.0627. The first-order chi connectivity index (χ1) is 19.1. The van der Waals surface area contributed by atoms with Crippen molar-refractivity contribution in [2.75, 3.05) is 32.7 Å². The Bertz CT molecular complexity index is 1560. The molecule has 1 aliphatic heterocycles. The van der Waals surface area contributed by atoms with Gasteiger partial charge < -0.3 is 14.8 Å². The summed E-state index contributed by atoms with van der Waals surface area (Å²) in [6.07, 6.45) is 0.862. The topological polar surface area (TPSA) is 126 Å². The Labute approximate surface area is 236 Å². The highest BCUT2D eigenvalue weighted by Gasteiger charge is 2.21. The van der Waals surface area contributed by atoms with Gasteiger partial charge in [-0.05, 0) is 29.8 Å². The average molecular weight is 569 g/mol. The number of nitrogens with zero attached hydrogens (tertiary/aromatic N) is 6. The van der Waals surface area contributed by atoms with E-state index in [-0.39, 0.29) is 6.54 Å². The summed E-state index contributed by atoms with van der Waals surface area (Å²) in [7, 11) is 3.03. The van der Waals surface area contributed by atoms with E-state index in [0.717, 1.165) is 42.3 Å². The number of benzene rings is 2. The number of aryl methyl sites for hydroxylation is 1. The van der Waals surface area contributed by atoms with Crippen LogP contribution in [0.1, 0.15) is 15.9 Å². The first kappa shape index (κ1) is 29.2. The summed E-state index contributed by atoms with van der Waals surface area (Å²) in [5.74, 6) is -0.879. The van der Waals surface area contributed by atoms with E-state index in [0.29, 0.717) is 23.3 Å². The first-order valence-electron chi connectivity index (χ1n) is 12.9. The summed E-state index contributed by atoms with van der Waals surface area (Å²) in [5, 5.41) is 19.8. The fraction of sp³-hybridized carbons (Fsp3) is 0.357. The fourth-order valence-corrected chi connectivity index (χ4v) is 4.80. The van der Waals surface area contributed by atoms with Crippen molar-refractivity contribution in [1.29, 1.82) is 0 Å². The normalized spacial score (nSPS) is 15.0. The van der Waals surface area contributed by atoms with E-state index in [2.05, 4.69) is 14.8 Å². The summed E-state index contributed by atoms with van der Waals surface area (Å²) in [6.45, 7) is 5.22. The average Bonchev–Trinajstić information content (AvgIpc) is 3.37. The molecule has 11 nitrogen and oxygen atoms in total. The molecule has 0 bridgehead atoms. The standard InChI is InChI=1S/C21H27ClN6O3.C7H6O2/c1-24-19-18(20(30)25(2)21(24)31)28(14-23-19)13-17(29)12-27-9-7-26(8-10-27)11-15-3-5-16(22)6-4-15;8-7(9)6-4-2-1-3-5-6/h3-6,14,17,29H,7-13H2,1-2H3;1-5H,(H,8,9). The number of hydrogen-bond donors (Lipinski definition) is 2. The SMILES string of the molecule is Cn1c(=O)c2c(ncn2CC(O)CN2CCN(Cc3ccc(Cl)cc3)CC2)n(C)c1=O.O=C(O)c1ccccc1. The third kappa shape index (κ3) is 7.05. The van der Waals surface area contributed by atoms with Gasteiger partial charge in [0.15, 0.2) is 11.2 Å². The van der Waals surface area contributed by atoms with E-state index in [1.807, 2.05) is 24.3 Å². The second-order valence-corrected chi connectivity index (χ2v) is 10.2. The van der Waals surface area contributed by atoms with Gasteiger partial charge in [0, 0.05) is 58.4 Å². The van der Waals surface area contributed by atoms with E-state index < -0.39 is 23.3 Å². The number of carboxylic acid groups (broad SMARTS) is 1. The smallest absolute Gasteiger partial charge is 0.335 e. The number of fused-ring (bicyclic) bond motifs is 1. The van der Waals surface area contributed by atoms with Crippen LogP contribution in [0.4, 0.5) is 0 Å². The molecular formula is C28H33ClN6O5. The minimum absolute atomic E-state index is 0.245. The number of halogens is 1. The summed E-state index contributed by atoms with van der Waals surface area (Å²) in [6, 6.07) is 16.2. The molecule has 212 valence electrons. The van der Waals surface area contributed by atoms with Gasteiger partial charge in [0.1, 0.15) is 0 Å². The van der Waals surface area contributed by atoms with E-state index >= 15 is 0 Å². The summed E-state index contributed by atoms with van der Waals surface area (Å²) in [4.78, 5) is 43.6. The molecule has 4 aromatic rings. The number of imidazole rings is 1. The maximum atomic E-state index is 12.5. The van der Waals surface area contributed by atoms with Gasteiger partial charge in [0.25, 0.3) is 5.56 Å².